The van der Waals surface area contributed by atoms with Gasteiger partial charge in [-0.1, -0.05) is 99.5 Å². The Morgan fingerprint density at radius 1 is 0.355 bits per heavy atom. The fourth-order valence-electron chi connectivity index (χ4n) is 14.6. The van der Waals surface area contributed by atoms with Gasteiger partial charge in [-0.05, 0) is 178 Å². The maximum absolute atomic E-state index is 15.0. The molecule has 0 atom stereocenters. The molecule has 0 saturated heterocycles. The van der Waals surface area contributed by atoms with E-state index in [0.29, 0.717) is 86.0 Å². The van der Waals surface area contributed by atoms with Crippen LogP contribution >= 0.6 is 11.6 Å². The lowest BCUT2D eigenvalue weighted by Gasteiger charge is -2.12. The number of rotatable bonds is 31. The average molecular weight is 2040 g/mol. The largest absolute Gasteiger partial charge is 0.497 e. The summed E-state index contributed by atoms with van der Waals surface area (Å²) in [6.07, 6.45) is 13.5. The standard InChI is InChI=1S/C26H26F2N4O4S.C24H22F2N4O4S.C24H22F2N4O3S.C23H18ClF3N4O3S/c1-4-10-37(34,35)32-22-9-8-21(27)23(24(22)28)26(33)31-17-12-19-20(14-30-25(19)29-13-17)16-6-5-7-18(11-16)36-15(2)3;1-3-9-35(32,33)30-20-8-7-19(25)21(22(20)26)24(31)29-15-11-17-18(13-28-23(17)27-12-15)14-5-4-6-16(10-14)34-2;1-3-9-34(32,33)30-20-8-7-19(25)21(22(20)26)24(31)29-16-11-17-18(13-28-23(17)27-12-16)15-6-4-5-14(2)10-15;1-2-7-35(33,34)31-19-6-5-18(26)20(21(19)27)23(32)30-13-9-14-15(11-29-22(14)28-10-13)12-3-4-17(25)16(24)8-12/h5-9,11-15,32H,4,10H2,1-3H3,(H,29,30)(H,31,33);4-8,10-13,30H,3,9H2,1-2H3,(H,27,28)(H,29,31);4-8,10-13,30H,3,9H2,1-2H3,(H,27,28)(H,29,31);3-6,8-11,31H,2,7H2,1H3,(H,28,29)(H,30,32). The lowest BCUT2D eigenvalue weighted by Crippen LogP contribution is -2.20. The Bertz CT molecular complexity index is 8000. The van der Waals surface area contributed by atoms with Crippen LogP contribution in [0.4, 0.5) is 85.0 Å². The second-order valence-corrected chi connectivity index (χ2v) is 39.6. The average Bonchev–Trinajstić information content (AvgIpc) is 1.73. The van der Waals surface area contributed by atoms with Crippen molar-refractivity contribution < 1.29 is 102 Å². The van der Waals surface area contributed by atoms with Gasteiger partial charge in [0.1, 0.15) is 85.4 Å². The first-order chi connectivity index (χ1) is 67.1. The number of hydrogen-bond acceptors (Lipinski definition) is 18. The van der Waals surface area contributed by atoms with E-state index in [-0.39, 0.29) is 63.3 Å². The summed E-state index contributed by atoms with van der Waals surface area (Å²) in [7, 11) is -13.8. The molecule has 30 nitrogen and oxygen atoms in total. The van der Waals surface area contributed by atoms with Crippen LogP contribution in [0.25, 0.3) is 88.6 Å². The number of benzene rings is 8. The second kappa shape index (κ2) is 44.2. The van der Waals surface area contributed by atoms with E-state index in [0.717, 1.165) is 87.5 Å². The Hall–Kier alpha value is -15.3. The van der Waals surface area contributed by atoms with E-state index in [2.05, 4.69) is 75.3 Å². The molecule has 0 aliphatic carbocycles. The minimum Gasteiger partial charge on any atom is -0.497 e. The van der Waals surface area contributed by atoms with Gasteiger partial charge in [0, 0.05) is 68.6 Å². The number of carbonyl (C=O) groups is 4. The van der Waals surface area contributed by atoms with Crippen LogP contribution in [0.15, 0.2) is 213 Å². The number of nitrogens with one attached hydrogen (secondary N) is 12. The van der Waals surface area contributed by atoms with Crippen LogP contribution in [0.1, 0.15) is 114 Å². The molecule has 0 aliphatic heterocycles. The zero-order valence-corrected chi connectivity index (χ0v) is 79.9. The van der Waals surface area contributed by atoms with Gasteiger partial charge < -0.3 is 50.7 Å². The van der Waals surface area contributed by atoms with Crippen LogP contribution in [-0.4, -0.2) is 133 Å². The zero-order chi connectivity index (χ0) is 102. The van der Waals surface area contributed by atoms with Crippen molar-refractivity contribution in [1.29, 1.82) is 0 Å². The third-order valence-electron chi connectivity index (χ3n) is 20.8. The van der Waals surface area contributed by atoms with Gasteiger partial charge in [-0.25, -0.2) is 93.1 Å². The summed E-state index contributed by atoms with van der Waals surface area (Å²) >= 11 is 5.88. The molecule has 0 aliphatic rings. The monoisotopic (exact) mass is 2030 g/mol. The summed E-state index contributed by atoms with van der Waals surface area (Å²) in [4.78, 5) is 80.3. The number of carbonyl (C=O) groups excluding carboxylic acids is 4. The van der Waals surface area contributed by atoms with E-state index in [9.17, 15) is 88.0 Å². The third-order valence-corrected chi connectivity index (χ3v) is 27.0. The summed E-state index contributed by atoms with van der Waals surface area (Å²) in [6, 6.07) is 40.3. The van der Waals surface area contributed by atoms with Crippen molar-refractivity contribution in [3.05, 3.63) is 299 Å². The minimum absolute atomic E-state index is 0.00273. The first-order valence-corrected chi connectivity index (χ1v) is 50.1. The topological polar surface area (TPSA) is 434 Å². The number of hydrogen-bond donors (Lipinski definition) is 12. The summed E-state index contributed by atoms with van der Waals surface area (Å²) in [5, 5.41) is 12.2. The molecular formula is C97H88ClF9N16O14S4. The number of pyridine rings is 4. The number of ether oxygens (including phenoxy) is 2. The molecule has 0 unspecified atom stereocenters. The molecule has 141 heavy (non-hydrogen) atoms. The second-order valence-electron chi connectivity index (χ2n) is 31.9. The summed E-state index contributed by atoms with van der Waals surface area (Å²) < 4.78 is 246. The molecule has 0 fully saturated rings. The van der Waals surface area contributed by atoms with Gasteiger partial charge in [0.2, 0.25) is 40.1 Å². The number of anilines is 8. The molecule has 44 heteroatoms. The predicted molar refractivity (Wildman–Crippen MR) is 526 cm³/mol. The first kappa shape index (κ1) is 103. The maximum atomic E-state index is 15.0. The number of fused-ring (bicyclic) bond motifs is 4. The lowest BCUT2D eigenvalue weighted by molar-refractivity contribution is 0.101. The van der Waals surface area contributed by atoms with Gasteiger partial charge in [-0.2, -0.15) is 0 Å². The number of aromatic nitrogens is 8. The fraction of sp³-hybridized carbons (Fsp3) is 0.175. The van der Waals surface area contributed by atoms with Crippen LogP contribution in [0, 0.1) is 59.3 Å². The highest BCUT2D eigenvalue weighted by Gasteiger charge is 2.30. The van der Waals surface area contributed by atoms with E-state index >= 15 is 4.39 Å². The van der Waals surface area contributed by atoms with Crippen LogP contribution in [-0.2, 0) is 40.1 Å². The van der Waals surface area contributed by atoms with E-state index < -0.39 is 161 Å². The number of nitrogens with zero attached hydrogens (tertiary/aromatic N) is 4. The Labute approximate surface area is 806 Å². The Balaban J connectivity index is 0.000000158. The zero-order valence-electron chi connectivity index (χ0n) is 75.9. The molecular weight excluding hydrogens is 1950 g/mol. The SMILES string of the molecule is CCCS(=O)(=O)Nc1ccc(F)c(C(=O)Nc2cnc3[nH]cc(-c4ccc(F)c(Cl)c4)c3c2)c1F.CCCS(=O)(=O)Nc1ccc(F)c(C(=O)Nc2cnc3[nH]cc(-c4cccc(C)c4)c3c2)c1F.CCCS(=O)(=O)Nc1ccc(F)c(C(=O)Nc2cnc3[nH]cc(-c4cccc(OC(C)C)c4)c3c2)c1F.CCCS(=O)(=O)Nc1ccc(F)c(C(=O)Nc2cnc3[nH]cc(-c4cccc(OC)c4)c3c2)c1F. The normalized spacial score (nSPS) is 11.5. The maximum Gasteiger partial charge on any atom is 0.261 e. The summed E-state index contributed by atoms with van der Waals surface area (Å²) in [6.45, 7) is 12.4. The molecule has 0 saturated carbocycles. The minimum atomic E-state index is -3.87. The highest BCUT2D eigenvalue weighted by atomic mass is 35.5. The van der Waals surface area contributed by atoms with Gasteiger partial charge in [0.15, 0.2) is 23.3 Å². The number of H-pyrrole nitrogens is 4. The molecule has 8 heterocycles. The molecule has 0 bridgehead atoms. The molecule has 0 spiro atoms. The molecule has 8 aromatic heterocycles. The summed E-state index contributed by atoms with van der Waals surface area (Å²) in [5.41, 5.74) is 4.44. The first-order valence-electron chi connectivity index (χ1n) is 43.1. The van der Waals surface area contributed by atoms with E-state index in [4.69, 9.17) is 21.1 Å². The van der Waals surface area contributed by atoms with Crippen LogP contribution < -0.4 is 49.6 Å². The van der Waals surface area contributed by atoms with Gasteiger partial charge in [0.25, 0.3) is 23.6 Å². The van der Waals surface area contributed by atoms with Crippen molar-refractivity contribution in [1.82, 2.24) is 39.9 Å². The van der Waals surface area contributed by atoms with Crippen molar-refractivity contribution >= 4 is 165 Å². The Kier molecular flexibility index (Phi) is 32.3. The van der Waals surface area contributed by atoms with Crippen LogP contribution in [0.2, 0.25) is 5.02 Å². The predicted octanol–water partition coefficient (Wildman–Crippen LogP) is 21.5. The quantitative estimate of drug-likeness (QED) is 0.0180. The molecule has 734 valence electrons. The number of aromatic amines is 4. The Morgan fingerprint density at radius 3 is 0.901 bits per heavy atom. The highest BCUT2D eigenvalue weighted by Crippen LogP contribution is 2.39. The van der Waals surface area contributed by atoms with E-state index in [1.165, 1.54) is 49.1 Å². The van der Waals surface area contributed by atoms with E-state index in [1.54, 1.807) is 77.8 Å². The highest BCUT2D eigenvalue weighted by molar-refractivity contribution is 7.93. The fourth-order valence-corrected chi connectivity index (χ4v) is 19.3. The molecule has 12 N–H and O–H groups in total. The lowest BCUT2D eigenvalue weighted by atomic mass is 10.0. The van der Waals surface area contributed by atoms with Crippen molar-refractivity contribution in [2.75, 3.05) is 70.3 Å². The van der Waals surface area contributed by atoms with Crippen molar-refractivity contribution in [2.45, 2.75) is 80.3 Å². The summed E-state index contributed by atoms with van der Waals surface area (Å²) in [5.74, 6) is -14.4. The van der Waals surface area contributed by atoms with Gasteiger partial charge in [-0.15, -0.1) is 0 Å². The van der Waals surface area contributed by atoms with E-state index in [1.807, 2.05) is 98.3 Å². The van der Waals surface area contributed by atoms with Gasteiger partial charge >= 0.3 is 0 Å². The smallest absolute Gasteiger partial charge is 0.261 e. The number of sulfonamides is 4. The molecule has 16 aromatic rings. The number of halogens is 10. The molecule has 16 rings (SSSR count). The Morgan fingerprint density at radius 2 is 0.624 bits per heavy atom. The van der Waals surface area contributed by atoms with Crippen LogP contribution in [0.5, 0.6) is 11.5 Å². The third kappa shape index (κ3) is 25.0. The van der Waals surface area contributed by atoms with Crippen LogP contribution in [0.3, 0.4) is 0 Å². The molecule has 4 amide bonds. The van der Waals surface area contributed by atoms with Crippen molar-refractivity contribution in [3.63, 3.8) is 0 Å². The van der Waals surface area contributed by atoms with Crippen molar-refractivity contribution in [3.8, 4) is 56.0 Å². The van der Waals surface area contributed by atoms with Crippen molar-refractivity contribution in [2.24, 2.45) is 0 Å². The van der Waals surface area contributed by atoms with Gasteiger partial charge in [0.05, 0.1) is 112 Å². The number of aryl methyl sites for hydroxylation is 1. The number of amides is 4. The molecule has 8 aromatic carbocycles. The number of methoxy groups -OCH3 is 1. The molecule has 0 radical (unpaired) electrons. The van der Waals surface area contributed by atoms with Gasteiger partial charge in [-0.3, -0.25) is 38.1 Å².